The molecule has 1 aliphatic rings. The smallest absolute Gasteiger partial charge is 0.0431 e. The Morgan fingerprint density at radius 2 is 2.25 bits per heavy atom. The molecule has 1 aliphatic heterocycles. The van der Waals surface area contributed by atoms with Crippen molar-refractivity contribution in [2.45, 2.75) is 25.3 Å². The largest absolute Gasteiger partial charge is 0.396 e. The maximum absolute atomic E-state index is 8.38. The number of rotatable bonds is 4. The van der Waals surface area contributed by atoms with Gasteiger partial charge in [0.05, 0.1) is 0 Å². The zero-order valence-corrected chi connectivity index (χ0v) is 5.06. The molecule has 0 aromatic rings. The van der Waals surface area contributed by atoms with Crippen molar-refractivity contribution in [3.63, 3.8) is 0 Å². The normalized spacial score (nSPS) is 25.9. The highest BCUT2D eigenvalue weighted by Gasteiger charge is 2.17. The van der Waals surface area contributed by atoms with E-state index in [9.17, 15) is 0 Å². The van der Waals surface area contributed by atoms with Gasteiger partial charge in [0.2, 0.25) is 0 Å². The highest BCUT2D eigenvalue weighted by molar-refractivity contribution is 4.82. The summed E-state index contributed by atoms with van der Waals surface area (Å²) in [7, 11) is 0. The molecule has 2 N–H and O–H groups in total. The van der Waals surface area contributed by atoms with E-state index in [1.165, 1.54) is 19.4 Å². The molecule has 1 heterocycles. The van der Waals surface area contributed by atoms with Crippen LogP contribution < -0.4 is 5.32 Å². The fourth-order valence-corrected chi connectivity index (χ4v) is 0.790. The fourth-order valence-electron chi connectivity index (χ4n) is 0.790. The lowest BCUT2D eigenvalue weighted by molar-refractivity contribution is 0.283. The van der Waals surface area contributed by atoms with E-state index in [0.29, 0.717) is 6.61 Å². The van der Waals surface area contributed by atoms with Gasteiger partial charge in [-0.05, 0) is 19.3 Å². The summed E-state index contributed by atoms with van der Waals surface area (Å²) in [4.78, 5) is 0. The highest BCUT2D eigenvalue weighted by atomic mass is 16.2. The van der Waals surface area contributed by atoms with Crippen molar-refractivity contribution in [2.75, 3.05) is 13.2 Å². The van der Waals surface area contributed by atoms with Crippen LogP contribution >= 0.6 is 0 Å². The molecule has 0 aromatic heterocycles. The van der Waals surface area contributed by atoms with Crippen molar-refractivity contribution in [3.05, 3.63) is 0 Å². The Bertz CT molecular complexity index is 61.5. The van der Waals surface area contributed by atoms with E-state index in [4.69, 9.17) is 5.11 Å². The second-order valence-electron chi connectivity index (χ2n) is 2.32. The van der Waals surface area contributed by atoms with Crippen LogP contribution in [0.5, 0.6) is 0 Å². The molecule has 2 heteroatoms. The Morgan fingerprint density at radius 3 is 2.75 bits per heavy atom. The van der Waals surface area contributed by atoms with Gasteiger partial charge in [-0.15, -0.1) is 0 Å². The van der Waals surface area contributed by atoms with Gasteiger partial charge in [-0.25, -0.2) is 0 Å². The summed E-state index contributed by atoms with van der Waals surface area (Å²) in [5, 5.41) is 11.6. The van der Waals surface area contributed by atoms with Crippen molar-refractivity contribution in [2.24, 2.45) is 0 Å². The van der Waals surface area contributed by atoms with Crippen molar-refractivity contribution in [1.29, 1.82) is 0 Å². The number of hydrogen-bond donors (Lipinski definition) is 2. The average molecular weight is 115 g/mol. The summed E-state index contributed by atoms with van der Waals surface area (Å²) in [5.41, 5.74) is 0. The van der Waals surface area contributed by atoms with E-state index in [1.54, 1.807) is 0 Å². The van der Waals surface area contributed by atoms with Crippen LogP contribution in [0.3, 0.4) is 0 Å². The number of hydrogen-bond acceptors (Lipinski definition) is 2. The number of aliphatic hydroxyl groups is 1. The predicted octanol–water partition coefficient (Wildman–Crippen LogP) is 0.121. The van der Waals surface area contributed by atoms with E-state index in [0.717, 1.165) is 12.5 Å². The maximum Gasteiger partial charge on any atom is 0.0431 e. The zero-order valence-electron chi connectivity index (χ0n) is 5.06. The summed E-state index contributed by atoms with van der Waals surface area (Å²) in [6.07, 6.45) is 3.40. The first kappa shape index (κ1) is 6.05. The van der Waals surface area contributed by atoms with Gasteiger partial charge >= 0.3 is 0 Å². The van der Waals surface area contributed by atoms with Crippen LogP contribution in [-0.4, -0.2) is 24.3 Å². The topological polar surface area (TPSA) is 42.2 Å². The predicted molar refractivity (Wildman–Crippen MR) is 32.7 cm³/mol. The van der Waals surface area contributed by atoms with Crippen LogP contribution in [0.2, 0.25) is 0 Å². The highest BCUT2D eigenvalue weighted by Crippen LogP contribution is 2.06. The lowest BCUT2D eigenvalue weighted by Crippen LogP contribution is -1.91. The monoisotopic (exact) mass is 115 g/mol. The van der Waals surface area contributed by atoms with Crippen LogP contribution in [0.25, 0.3) is 0 Å². The van der Waals surface area contributed by atoms with Crippen LogP contribution in [-0.2, 0) is 0 Å². The number of aliphatic hydroxyl groups excluding tert-OH is 1. The van der Waals surface area contributed by atoms with E-state index in [1.807, 2.05) is 0 Å². The first-order chi connectivity index (χ1) is 3.93. The third kappa shape index (κ3) is 2.28. The molecule has 1 saturated heterocycles. The summed E-state index contributed by atoms with van der Waals surface area (Å²) in [6, 6.07) is 0.793. The molecule has 0 radical (unpaired) electrons. The minimum atomic E-state index is 0.354. The van der Waals surface area contributed by atoms with E-state index in [2.05, 4.69) is 5.32 Å². The Labute approximate surface area is 49.9 Å². The summed E-state index contributed by atoms with van der Waals surface area (Å²) in [5.74, 6) is 0. The minimum absolute atomic E-state index is 0.354. The van der Waals surface area contributed by atoms with Gasteiger partial charge in [0.25, 0.3) is 0 Å². The Kier molecular flexibility index (Phi) is 2.30. The molecule has 0 aromatic carbocycles. The minimum Gasteiger partial charge on any atom is -0.396 e. The lowest BCUT2D eigenvalue weighted by atomic mass is 10.2. The summed E-state index contributed by atoms with van der Waals surface area (Å²) < 4.78 is 0. The summed E-state index contributed by atoms with van der Waals surface area (Å²) in [6.45, 7) is 1.55. The second-order valence-corrected chi connectivity index (χ2v) is 2.32. The Hall–Kier alpha value is -0.0800. The van der Waals surface area contributed by atoms with Crippen LogP contribution in [0.15, 0.2) is 0 Å². The van der Waals surface area contributed by atoms with Crippen LogP contribution in [0.1, 0.15) is 19.3 Å². The zero-order chi connectivity index (χ0) is 5.82. The van der Waals surface area contributed by atoms with Gasteiger partial charge in [-0.1, -0.05) is 0 Å². The van der Waals surface area contributed by atoms with E-state index in [-0.39, 0.29) is 0 Å². The van der Waals surface area contributed by atoms with Gasteiger partial charge in [0, 0.05) is 19.2 Å². The van der Waals surface area contributed by atoms with Gasteiger partial charge in [0.1, 0.15) is 0 Å². The standard InChI is InChI=1S/C6H13NO/c8-4-2-1-3-6-5-7-6/h6-8H,1-5H2/t6-/m0/s1. The summed E-state index contributed by atoms with van der Waals surface area (Å²) >= 11 is 0. The molecule has 2 nitrogen and oxygen atoms in total. The van der Waals surface area contributed by atoms with Crippen molar-refractivity contribution in [1.82, 2.24) is 5.32 Å². The van der Waals surface area contributed by atoms with E-state index < -0.39 is 0 Å². The molecule has 8 heavy (non-hydrogen) atoms. The third-order valence-corrected chi connectivity index (χ3v) is 1.45. The van der Waals surface area contributed by atoms with Crippen molar-refractivity contribution >= 4 is 0 Å². The Balaban J connectivity index is 1.74. The lowest BCUT2D eigenvalue weighted by Gasteiger charge is -1.91. The van der Waals surface area contributed by atoms with Crippen LogP contribution in [0, 0.1) is 0 Å². The maximum atomic E-state index is 8.38. The molecule has 0 unspecified atom stereocenters. The van der Waals surface area contributed by atoms with E-state index >= 15 is 0 Å². The molecule has 0 saturated carbocycles. The van der Waals surface area contributed by atoms with Crippen molar-refractivity contribution < 1.29 is 5.11 Å². The molecule has 1 fully saturated rings. The molecular formula is C6H13NO. The molecular weight excluding hydrogens is 102 g/mol. The van der Waals surface area contributed by atoms with Gasteiger partial charge in [-0.2, -0.15) is 0 Å². The first-order valence-corrected chi connectivity index (χ1v) is 3.27. The third-order valence-electron chi connectivity index (χ3n) is 1.45. The second kappa shape index (κ2) is 3.05. The van der Waals surface area contributed by atoms with Gasteiger partial charge in [0.15, 0.2) is 0 Å². The van der Waals surface area contributed by atoms with Gasteiger partial charge in [-0.3, -0.25) is 0 Å². The molecule has 0 bridgehead atoms. The molecule has 0 aliphatic carbocycles. The quantitative estimate of drug-likeness (QED) is 0.403. The molecule has 1 atom stereocenters. The molecule has 0 spiro atoms. The molecule has 1 rings (SSSR count). The average Bonchev–Trinajstić information content (AvgIpc) is 2.51. The van der Waals surface area contributed by atoms with Crippen LogP contribution in [0.4, 0.5) is 0 Å². The Morgan fingerprint density at radius 1 is 1.50 bits per heavy atom. The van der Waals surface area contributed by atoms with Gasteiger partial charge < -0.3 is 10.4 Å². The fraction of sp³-hybridized carbons (Fsp3) is 1.00. The van der Waals surface area contributed by atoms with Crippen molar-refractivity contribution in [3.8, 4) is 0 Å². The first-order valence-electron chi connectivity index (χ1n) is 3.27. The SMILES string of the molecule is OCCCC[C@H]1CN1. The number of unbranched alkanes of at least 4 members (excludes halogenated alkanes) is 1. The number of nitrogens with one attached hydrogen (secondary N) is 1. The molecule has 0 amide bonds. The molecule has 48 valence electrons.